The van der Waals surface area contributed by atoms with Crippen LogP contribution in [0.4, 0.5) is 8.78 Å². The predicted molar refractivity (Wildman–Crippen MR) is 79.6 cm³/mol. The molecule has 2 aromatic rings. The van der Waals surface area contributed by atoms with Crippen molar-refractivity contribution in [3.05, 3.63) is 46.3 Å². The quantitative estimate of drug-likeness (QED) is 0.868. The van der Waals surface area contributed by atoms with E-state index in [1.807, 2.05) is 0 Å². The zero-order valence-electron chi connectivity index (χ0n) is 12.5. The predicted octanol–water partition coefficient (Wildman–Crippen LogP) is 3.66. The van der Waals surface area contributed by atoms with Crippen LogP contribution >= 0.6 is 11.6 Å². The van der Waals surface area contributed by atoms with E-state index in [0.29, 0.717) is 11.3 Å². The van der Waals surface area contributed by atoms with Crippen molar-refractivity contribution in [2.75, 3.05) is 0 Å². The van der Waals surface area contributed by atoms with Crippen LogP contribution < -0.4 is 10.1 Å². The SMILES string of the molecule is Cc1noc(Cl)c1CC(=O)N[C@H](C)c1ccc(OC(F)F)cc1. The van der Waals surface area contributed by atoms with Crippen LogP contribution in [0.15, 0.2) is 28.8 Å². The second-order valence-electron chi connectivity index (χ2n) is 4.93. The van der Waals surface area contributed by atoms with Gasteiger partial charge in [-0.15, -0.1) is 0 Å². The van der Waals surface area contributed by atoms with E-state index in [2.05, 4.69) is 15.2 Å². The van der Waals surface area contributed by atoms with Crippen LogP contribution in [0.5, 0.6) is 5.75 Å². The van der Waals surface area contributed by atoms with E-state index >= 15 is 0 Å². The van der Waals surface area contributed by atoms with Crippen LogP contribution in [-0.4, -0.2) is 17.7 Å². The second kappa shape index (κ2) is 7.41. The highest BCUT2D eigenvalue weighted by Crippen LogP contribution is 2.21. The lowest BCUT2D eigenvalue weighted by Crippen LogP contribution is -2.28. The highest BCUT2D eigenvalue weighted by atomic mass is 35.5. The summed E-state index contributed by atoms with van der Waals surface area (Å²) in [5, 5.41) is 6.57. The van der Waals surface area contributed by atoms with Crippen molar-refractivity contribution in [3.63, 3.8) is 0 Å². The zero-order valence-corrected chi connectivity index (χ0v) is 13.2. The van der Waals surface area contributed by atoms with Gasteiger partial charge in [-0.05, 0) is 43.1 Å². The Morgan fingerprint density at radius 1 is 1.39 bits per heavy atom. The molecule has 1 heterocycles. The first-order valence-electron chi connectivity index (χ1n) is 6.81. The number of alkyl halides is 2. The second-order valence-corrected chi connectivity index (χ2v) is 5.28. The normalized spacial score (nSPS) is 12.3. The molecule has 0 bridgehead atoms. The molecule has 23 heavy (non-hydrogen) atoms. The molecule has 1 aromatic carbocycles. The van der Waals surface area contributed by atoms with Gasteiger partial charge in [0.1, 0.15) is 5.75 Å². The first-order valence-corrected chi connectivity index (χ1v) is 7.19. The van der Waals surface area contributed by atoms with Crippen molar-refractivity contribution in [1.29, 1.82) is 0 Å². The summed E-state index contributed by atoms with van der Waals surface area (Å²) in [5.41, 5.74) is 1.86. The summed E-state index contributed by atoms with van der Waals surface area (Å²) in [6.07, 6.45) is 0.0467. The van der Waals surface area contributed by atoms with Crippen molar-refractivity contribution >= 4 is 17.5 Å². The van der Waals surface area contributed by atoms with Crippen LogP contribution in [0, 0.1) is 6.92 Å². The fourth-order valence-corrected chi connectivity index (χ4v) is 2.27. The summed E-state index contributed by atoms with van der Waals surface area (Å²) in [7, 11) is 0. The lowest BCUT2D eigenvalue weighted by atomic mass is 10.1. The first-order chi connectivity index (χ1) is 10.9. The average molecular weight is 345 g/mol. The molecule has 1 atom stereocenters. The molecule has 1 N–H and O–H groups in total. The van der Waals surface area contributed by atoms with Gasteiger partial charge < -0.3 is 14.6 Å². The Labute approximate surface area is 136 Å². The maximum Gasteiger partial charge on any atom is 0.387 e. The minimum atomic E-state index is -2.87. The Morgan fingerprint density at radius 2 is 2.04 bits per heavy atom. The van der Waals surface area contributed by atoms with Gasteiger partial charge in [-0.2, -0.15) is 8.78 Å². The molecule has 0 aliphatic heterocycles. The van der Waals surface area contributed by atoms with Crippen molar-refractivity contribution in [3.8, 4) is 5.75 Å². The number of carbonyl (C=O) groups is 1. The summed E-state index contributed by atoms with van der Waals surface area (Å²) in [6.45, 7) is 0.612. The number of carbonyl (C=O) groups excluding carboxylic acids is 1. The molecular formula is C15H15ClF2N2O3. The molecule has 0 spiro atoms. The van der Waals surface area contributed by atoms with E-state index in [-0.39, 0.29) is 29.3 Å². The number of aromatic nitrogens is 1. The number of aryl methyl sites for hydroxylation is 1. The van der Waals surface area contributed by atoms with Crippen LogP contribution in [0.25, 0.3) is 0 Å². The van der Waals surface area contributed by atoms with E-state index in [4.69, 9.17) is 16.1 Å². The number of nitrogens with zero attached hydrogens (tertiary/aromatic N) is 1. The molecule has 0 aliphatic rings. The Bertz CT molecular complexity index is 654. The fourth-order valence-electron chi connectivity index (χ4n) is 2.03. The Kier molecular flexibility index (Phi) is 5.54. The number of benzene rings is 1. The minimum Gasteiger partial charge on any atom is -0.435 e. The molecule has 2 rings (SSSR count). The van der Waals surface area contributed by atoms with Crippen molar-refractivity contribution in [2.45, 2.75) is 32.9 Å². The monoisotopic (exact) mass is 344 g/mol. The smallest absolute Gasteiger partial charge is 0.387 e. The standard InChI is InChI=1S/C15H15ClF2N2O3/c1-8(10-3-5-11(6-4-10)22-15(17)18)19-13(21)7-12-9(2)20-23-14(12)16/h3-6,8,15H,7H2,1-2H3,(H,19,21)/t8-/m1/s1. The largest absolute Gasteiger partial charge is 0.435 e. The van der Waals surface area contributed by atoms with E-state index in [9.17, 15) is 13.6 Å². The number of rotatable bonds is 6. The minimum absolute atomic E-state index is 0.0467. The summed E-state index contributed by atoms with van der Waals surface area (Å²) in [5.74, 6) is -0.187. The molecule has 1 aromatic heterocycles. The van der Waals surface area contributed by atoms with Crippen LogP contribution in [-0.2, 0) is 11.2 Å². The van der Waals surface area contributed by atoms with E-state index in [0.717, 1.165) is 5.56 Å². The lowest BCUT2D eigenvalue weighted by molar-refractivity contribution is -0.121. The molecule has 5 nitrogen and oxygen atoms in total. The lowest BCUT2D eigenvalue weighted by Gasteiger charge is -2.15. The summed E-state index contributed by atoms with van der Waals surface area (Å²) >= 11 is 5.82. The number of hydrogen-bond donors (Lipinski definition) is 1. The number of nitrogens with one attached hydrogen (secondary N) is 1. The van der Waals surface area contributed by atoms with Gasteiger partial charge in [-0.25, -0.2) is 0 Å². The fraction of sp³-hybridized carbons (Fsp3) is 0.333. The molecule has 0 aliphatic carbocycles. The Balaban J connectivity index is 1.95. The van der Waals surface area contributed by atoms with Crippen molar-refractivity contribution < 1.29 is 22.8 Å². The molecule has 0 radical (unpaired) electrons. The van der Waals surface area contributed by atoms with Crippen molar-refractivity contribution in [2.24, 2.45) is 0 Å². The molecule has 0 saturated heterocycles. The van der Waals surface area contributed by atoms with Crippen LogP contribution in [0.2, 0.25) is 5.22 Å². The van der Waals surface area contributed by atoms with Gasteiger partial charge in [-0.1, -0.05) is 17.3 Å². The first kappa shape index (κ1) is 17.2. The van der Waals surface area contributed by atoms with Gasteiger partial charge >= 0.3 is 6.61 Å². The molecular weight excluding hydrogens is 330 g/mol. The highest BCUT2D eigenvalue weighted by molar-refractivity contribution is 6.29. The summed E-state index contributed by atoms with van der Waals surface area (Å²) < 4.78 is 33.3. The van der Waals surface area contributed by atoms with Gasteiger partial charge in [0.15, 0.2) is 0 Å². The van der Waals surface area contributed by atoms with Crippen molar-refractivity contribution in [1.82, 2.24) is 10.5 Å². The van der Waals surface area contributed by atoms with Gasteiger partial charge in [-0.3, -0.25) is 4.79 Å². The van der Waals surface area contributed by atoms with Crippen LogP contribution in [0.1, 0.15) is 29.8 Å². The van der Waals surface area contributed by atoms with Gasteiger partial charge in [0.25, 0.3) is 0 Å². The van der Waals surface area contributed by atoms with Gasteiger partial charge in [0.05, 0.1) is 18.2 Å². The number of halogens is 3. The number of hydrogen-bond acceptors (Lipinski definition) is 4. The molecule has 0 fully saturated rings. The third-order valence-electron chi connectivity index (χ3n) is 3.26. The topological polar surface area (TPSA) is 64.4 Å². The maximum absolute atomic E-state index is 12.1. The molecule has 124 valence electrons. The Morgan fingerprint density at radius 3 is 2.57 bits per heavy atom. The molecule has 0 unspecified atom stereocenters. The molecule has 0 saturated carbocycles. The van der Waals surface area contributed by atoms with Crippen LogP contribution in [0.3, 0.4) is 0 Å². The summed E-state index contributed by atoms with van der Waals surface area (Å²) in [6, 6.07) is 5.76. The molecule has 8 heteroatoms. The highest BCUT2D eigenvalue weighted by Gasteiger charge is 2.17. The molecule has 1 amide bonds. The summed E-state index contributed by atoms with van der Waals surface area (Å²) in [4.78, 5) is 12.0. The average Bonchev–Trinajstić information content (AvgIpc) is 2.79. The zero-order chi connectivity index (χ0) is 17.0. The van der Waals surface area contributed by atoms with E-state index in [1.54, 1.807) is 26.0 Å². The van der Waals surface area contributed by atoms with E-state index < -0.39 is 6.61 Å². The third kappa shape index (κ3) is 4.66. The van der Waals surface area contributed by atoms with E-state index in [1.165, 1.54) is 12.1 Å². The van der Waals surface area contributed by atoms with Gasteiger partial charge in [0.2, 0.25) is 11.1 Å². The van der Waals surface area contributed by atoms with Gasteiger partial charge in [0, 0.05) is 5.56 Å². The Hall–Kier alpha value is -2.15. The third-order valence-corrected chi connectivity index (χ3v) is 3.55. The number of amides is 1. The number of ether oxygens (including phenoxy) is 1. The maximum atomic E-state index is 12.1.